The Hall–Kier alpha value is -0.880. The average molecular weight is 302 g/mol. The third kappa shape index (κ3) is 3.11. The van der Waals surface area contributed by atoms with Gasteiger partial charge in [-0.15, -0.1) is 11.3 Å². The summed E-state index contributed by atoms with van der Waals surface area (Å²) >= 11 is 7.16. The second-order valence-corrected chi connectivity index (χ2v) is 7.33. The van der Waals surface area contributed by atoms with Crippen molar-refractivity contribution in [3.8, 4) is 0 Å². The third-order valence-electron chi connectivity index (χ3n) is 2.45. The number of thiophene rings is 1. The number of nitrogens with one attached hydrogen (secondary N) is 1. The molecule has 0 aliphatic heterocycles. The van der Waals surface area contributed by atoms with Crippen molar-refractivity contribution in [3.05, 3.63) is 51.2 Å². The smallest absolute Gasteiger partial charge is 0.207 e. The quantitative estimate of drug-likeness (QED) is 0.942. The Morgan fingerprint density at radius 2 is 1.94 bits per heavy atom. The van der Waals surface area contributed by atoms with Crippen LogP contribution in [0.15, 0.2) is 41.3 Å². The van der Waals surface area contributed by atoms with Crippen LogP contribution in [-0.4, -0.2) is 8.42 Å². The Balaban J connectivity index is 2.16. The number of aryl methyl sites for hydroxylation is 1. The van der Waals surface area contributed by atoms with Crippen LogP contribution in [0.1, 0.15) is 10.4 Å². The summed E-state index contributed by atoms with van der Waals surface area (Å²) in [4.78, 5) is 1.20. The van der Waals surface area contributed by atoms with Gasteiger partial charge in [-0.25, -0.2) is 13.1 Å². The Kier molecular flexibility index (Phi) is 4.07. The maximum Gasteiger partial charge on any atom is 0.241 e. The van der Waals surface area contributed by atoms with Gasteiger partial charge in [0.2, 0.25) is 10.0 Å². The topological polar surface area (TPSA) is 46.2 Å². The molecule has 0 bridgehead atoms. The van der Waals surface area contributed by atoms with E-state index in [1.165, 1.54) is 11.3 Å². The molecule has 3 nitrogen and oxygen atoms in total. The molecule has 96 valence electrons. The lowest BCUT2D eigenvalue weighted by atomic mass is 10.2. The second-order valence-electron chi connectivity index (χ2n) is 3.80. The van der Waals surface area contributed by atoms with E-state index in [9.17, 15) is 8.42 Å². The van der Waals surface area contributed by atoms with Gasteiger partial charge in [-0.2, -0.15) is 0 Å². The highest BCUT2D eigenvalue weighted by molar-refractivity contribution is 7.89. The lowest BCUT2D eigenvalue weighted by molar-refractivity contribution is 0.581. The zero-order chi connectivity index (χ0) is 13.2. The van der Waals surface area contributed by atoms with Crippen LogP contribution in [0.3, 0.4) is 0 Å². The van der Waals surface area contributed by atoms with Gasteiger partial charge in [0.05, 0.1) is 9.23 Å². The molecule has 1 aromatic carbocycles. The van der Waals surface area contributed by atoms with Crippen LogP contribution in [0.5, 0.6) is 0 Å². The molecule has 2 aromatic rings. The highest BCUT2D eigenvalue weighted by atomic mass is 35.5. The monoisotopic (exact) mass is 301 g/mol. The van der Waals surface area contributed by atoms with E-state index in [2.05, 4.69) is 4.72 Å². The molecule has 0 spiro atoms. The van der Waals surface area contributed by atoms with Crippen LogP contribution in [0, 0.1) is 6.92 Å². The summed E-state index contributed by atoms with van der Waals surface area (Å²) in [6.07, 6.45) is 0. The van der Waals surface area contributed by atoms with E-state index in [0.29, 0.717) is 9.23 Å². The van der Waals surface area contributed by atoms with E-state index >= 15 is 0 Å². The summed E-state index contributed by atoms with van der Waals surface area (Å²) in [7, 11) is -3.47. The molecule has 0 aliphatic carbocycles. The number of hydrogen-bond acceptors (Lipinski definition) is 3. The van der Waals surface area contributed by atoms with E-state index in [1.54, 1.807) is 31.2 Å². The minimum Gasteiger partial charge on any atom is -0.207 e. The van der Waals surface area contributed by atoms with E-state index in [-0.39, 0.29) is 6.54 Å². The molecule has 0 saturated heterocycles. The maximum absolute atomic E-state index is 12.1. The van der Waals surface area contributed by atoms with Gasteiger partial charge in [0.15, 0.2) is 0 Å². The van der Waals surface area contributed by atoms with Crippen molar-refractivity contribution in [1.29, 1.82) is 0 Å². The van der Waals surface area contributed by atoms with Crippen molar-refractivity contribution in [2.24, 2.45) is 0 Å². The fourth-order valence-corrected chi connectivity index (χ4v) is 3.92. The molecule has 0 radical (unpaired) electrons. The van der Waals surface area contributed by atoms with Gasteiger partial charge in [0, 0.05) is 11.4 Å². The number of hydrogen-bond donors (Lipinski definition) is 1. The number of rotatable bonds is 4. The minimum absolute atomic E-state index is 0.258. The van der Waals surface area contributed by atoms with E-state index in [0.717, 1.165) is 10.4 Å². The van der Waals surface area contributed by atoms with Crippen LogP contribution < -0.4 is 4.72 Å². The van der Waals surface area contributed by atoms with Gasteiger partial charge in [0.1, 0.15) is 0 Å². The molecule has 0 aliphatic rings. The van der Waals surface area contributed by atoms with Crippen molar-refractivity contribution in [2.45, 2.75) is 18.4 Å². The molecule has 2 rings (SSSR count). The first-order chi connectivity index (χ1) is 8.49. The van der Waals surface area contributed by atoms with Gasteiger partial charge in [-0.3, -0.25) is 0 Å². The zero-order valence-electron chi connectivity index (χ0n) is 9.68. The predicted octanol–water partition coefficient (Wildman–Crippen LogP) is 3.19. The number of halogens is 1. The molecule has 1 N–H and O–H groups in total. The van der Waals surface area contributed by atoms with E-state index in [4.69, 9.17) is 11.6 Å². The molecule has 6 heteroatoms. The second kappa shape index (κ2) is 5.40. The Labute approximate surface area is 115 Å². The Morgan fingerprint density at radius 3 is 2.56 bits per heavy atom. The molecule has 0 fully saturated rings. The largest absolute Gasteiger partial charge is 0.241 e. The zero-order valence-corrected chi connectivity index (χ0v) is 12.1. The molecule has 18 heavy (non-hydrogen) atoms. The fraction of sp³-hybridized carbons (Fsp3) is 0.167. The molecule has 0 unspecified atom stereocenters. The fourth-order valence-electron chi connectivity index (χ4n) is 1.55. The molecule has 1 aromatic heterocycles. The number of sulfonamides is 1. The first kappa shape index (κ1) is 13.5. The molecule has 0 atom stereocenters. The highest BCUT2D eigenvalue weighted by Crippen LogP contribution is 2.22. The standard InChI is InChI=1S/C12H12ClNO2S2/c1-9-4-2-3-5-11(9)18(15,16)14-8-10-6-7-12(13)17-10/h2-7,14H,8H2,1H3. The Morgan fingerprint density at radius 1 is 1.22 bits per heavy atom. The SMILES string of the molecule is Cc1ccccc1S(=O)(=O)NCc1ccc(Cl)s1. The van der Waals surface area contributed by atoms with Crippen molar-refractivity contribution >= 4 is 33.0 Å². The van der Waals surface area contributed by atoms with Crippen molar-refractivity contribution < 1.29 is 8.42 Å². The molecular formula is C12H12ClNO2S2. The van der Waals surface area contributed by atoms with Crippen molar-refractivity contribution in [3.63, 3.8) is 0 Å². The first-order valence-corrected chi connectivity index (χ1v) is 7.96. The van der Waals surface area contributed by atoms with Gasteiger partial charge >= 0.3 is 0 Å². The molecular weight excluding hydrogens is 290 g/mol. The normalized spacial score (nSPS) is 11.7. The maximum atomic E-state index is 12.1. The minimum atomic E-state index is -3.47. The average Bonchev–Trinajstić information content (AvgIpc) is 2.73. The summed E-state index contributed by atoms with van der Waals surface area (Å²) < 4.78 is 27.4. The summed E-state index contributed by atoms with van der Waals surface area (Å²) in [5.74, 6) is 0. The van der Waals surface area contributed by atoms with Gasteiger partial charge in [0.25, 0.3) is 0 Å². The first-order valence-electron chi connectivity index (χ1n) is 5.28. The van der Waals surface area contributed by atoms with Crippen molar-refractivity contribution in [1.82, 2.24) is 4.72 Å². The van der Waals surface area contributed by atoms with Crippen LogP contribution in [0.2, 0.25) is 4.34 Å². The molecule has 1 heterocycles. The van der Waals surface area contributed by atoms with Crippen LogP contribution in [-0.2, 0) is 16.6 Å². The van der Waals surface area contributed by atoms with Crippen LogP contribution >= 0.6 is 22.9 Å². The Bertz CT molecular complexity index is 650. The van der Waals surface area contributed by atoms with Crippen LogP contribution in [0.4, 0.5) is 0 Å². The molecule has 0 saturated carbocycles. The lowest BCUT2D eigenvalue weighted by Gasteiger charge is -2.07. The van der Waals surface area contributed by atoms with Crippen molar-refractivity contribution in [2.75, 3.05) is 0 Å². The lowest BCUT2D eigenvalue weighted by Crippen LogP contribution is -2.23. The van der Waals surface area contributed by atoms with E-state index in [1.807, 2.05) is 12.1 Å². The van der Waals surface area contributed by atoms with Gasteiger partial charge < -0.3 is 0 Å². The van der Waals surface area contributed by atoms with Crippen LogP contribution in [0.25, 0.3) is 0 Å². The summed E-state index contributed by atoms with van der Waals surface area (Å²) in [5.41, 5.74) is 0.731. The van der Waals surface area contributed by atoms with E-state index < -0.39 is 10.0 Å². The summed E-state index contributed by atoms with van der Waals surface area (Å²) in [6, 6.07) is 10.5. The van der Waals surface area contributed by atoms with Gasteiger partial charge in [-0.05, 0) is 30.7 Å². The summed E-state index contributed by atoms with van der Waals surface area (Å²) in [6.45, 7) is 2.03. The third-order valence-corrected chi connectivity index (χ3v) is 5.24. The highest BCUT2D eigenvalue weighted by Gasteiger charge is 2.15. The predicted molar refractivity (Wildman–Crippen MR) is 74.5 cm³/mol. The number of benzene rings is 1. The molecule has 0 amide bonds. The van der Waals surface area contributed by atoms with Gasteiger partial charge in [-0.1, -0.05) is 29.8 Å². The summed E-state index contributed by atoms with van der Waals surface area (Å²) in [5, 5.41) is 0.